The van der Waals surface area contributed by atoms with Gasteiger partial charge in [0.15, 0.2) is 0 Å². The number of carbonyl (C=O) groups excluding carboxylic acids is 1. The smallest absolute Gasteiger partial charge is 0.329 e. The summed E-state index contributed by atoms with van der Waals surface area (Å²) in [5.74, 6) is 0. The Balaban J connectivity index is 2.37. The van der Waals surface area contributed by atoms with Crippen LogP contribution in [0.3, 0.4) is 0 Å². The number of nitrogens with zero attached hydrogens (tertiary/aromatic N) is 2. The first kappa shape index (κ1) is 12.3. The van der Waals surface area contributed by atoms with E-state index in [2.05, 4.69) is 10.2 Å². The monoisotopic (exact) mass is 236 g/mol. The topological polar surface area (TPSA) is 61.0 Å². The molecule has 0 aliphatic heterocycles. The minimum absolute atomic E-state index is 0.195. The van der Waals surface area contributed by atoms with Crippen LogP contribution < -0.4 is 5.32 Å². The molecule has 2 amide bonds. The number of halogens is 3. The van der Waals surface area contributed by atoms with E-state index < -0.39 is 18.8 Å². The minimum atomic E-state index is -4.40. The maximum absolute atomic E-state index is 11.8. The molecule has 2 N–H and O–H groups in total. The quantitative estimate of drug-likeness (QED) is 0.825. The van der Waals surface area contributed by atoms with Crippen molar-refractivity contribution in [1.29, 1.82) is 0 Å². The van der Waals surface area contributed by atoms with Gasteiger partial charge in [-0.3, -0.25) is 5.10 Å². The maximum Gasteiger partial charge on any atom is 0.405 e. The van der Waals surface area contributed by atoms with Gasteiger partial charge in [0.1, 0.15) is 6.54 Å². The van der Waals surface area contributed by atoms with Gasteiger partial charge in [0.05, 0.1) is 12.7 Å². The molecule has 5 nitrogen and oxygen atoms in total. The number of H-pyrrole nitrogens is 1. The van der Waals surface area contributed by atoms with E-state index in [0.29, 0.717) is 5.56 Å². The Bertz CT molecular complexity index is 336. The predicted octanol–water partition coefficient (Wildman–Crippen LogP) is 1.11. The molecule has 0 fully saturated rings. The molecule has 1 aromatic heterocycles. The molecule has 0 atom stereocenters. The Morgan fingerprint density at radius 2 is 2.31 bits per heavy atom. The van der Waals surface area contributed by atoms with Crippen LogP contribution in [-0.2, 0) is 6.54 Å². The van der Waals surface area contributed by atoms with Crippen molar-refractivity contribution >= 4 is 6.03 Å². The standard InChI is InChI=1S/C8H11F3N4O/c1-15(4-6-2-13-14-3-6)7(16)12-5-8(9,10)11/h2-3H,4-5H2,1H3,(H,12,16)(H,13,14). The number of rotatable bonds is 3. The first-order chi connectivity index (χ1) is 7.38. The Morgan fingerprint density at radius 3 is 2.81 bits per heavy atom. The average molecular weight is 236 g/mol. The lowest BCUT2D eigenvalue weighted by Gasteiger charge is -2.17. The van der Waals surface area contributed by atoms with E-state index in [0.717, 1.165) is 4.90 Å². The van der Waals surface area contributed by atoms with Gasteiger partial charge >= 0.3 is 12.2 Å². The van der Waals surface area contributed by atoms with Crippen molar-refractivity contribution in [2.45, 2.75) is 12.7 Å². The van der Waals surface area contributed by atoms with Crippen molar-refractivity contribution in [3.05, 3.63) is 18.0 Å². The molecule has 16 heavy (non-hydrogen) atoms. The molecule has 0 saturated carbocycles. The summed E-state index contributed by atoms with van der Waals surface area (Å²) < 4.78 is 35.4. The number of alkyl halides is 3. The third-order valence-electron chi connectivity index (χ3n) is 1.76. The largest absolute Gasteiger partial charge is 0.405 e. The van der Waals surface area contributed by atoms with Crippen LogP contribution in [0.15, 0.2) is 12.4 Å². The van der Waals surface area contributed by atoms with E-state index in [-0.39, 0.29) is 6.54 Å². The van der Waals surface area contributed by atoms with E-state index >= 15 is 0 Å². The average Bonchev–Trinajstić information content (AvgIpc) is 2.65. The number of amides is 2. The first-order valence-electron chi connectivity index (χ1n) is 4.42. The zero-order valence-electron chi connectivity index (χ0n) is 8.51. The van der Waals surface area contributed by atoms with E-state index in [1.54, 1.807) is 11.5 Å². The third-order valence-corrected chi connectivity index (χ3v) is 1.76. The fourth-order valence-corrected chi connectivity index (χ4v) is 1.02. The summed E-state index contributed by atoms with van der Waals surface area (Å²) in [6.07, 6.45) is -1.34. The highest BCUT2D eigenvalue weighted by Crippen LogP contribution is 2.12. The Kier molecular flexibility index (Phi) is 3.75. The molecule has 0 unspecified atom stereocenters. The van der Waals surface area contributed by atoms with Gasteiger partial charge in [0, 0.05) is 18.8 Å². The van der Waals surface area contributed by atoms with Crippen LogP contribution in [-0.4, -0.2) is 40.9 Å². The highest BCUT2D eigenvalue weighted by atomic mass is 19.4. The Labute approximate surface area is 89.6 Å². The van der Waals surface area contributed by atoms with Gasteiger partial charge in [-0.1, -0.05) is 0 Å². The van der Waals surface area contributed by atoms with Crippen molar-refractivity contribution < 1.29 is 18.0 Å². The molecule has 0 saturated heterocycles. The summed E-state index contributed by atoms with van der Waals surface area (Å²) in [5, 5.41) is 7.96. The van der Waals surface area contributed by atoms with Gasteiger partial charge in [-0.15, -0.1) is 0 Å². The Hall–Kier alpha value is -1.73. The van der Waals surface area contributed by atoms with Crippen LogP contribution in [0, 0.1) is 0 Å². The van der Waals surface area contributed by atoms with Crippen molar-refractivity contribution in [3.63, 3.8) is 0 Å². The molecule has 0 radical (unpaired) electrons. The van der Waals surface area contributed by atoms with Gasteiger partial charge < -0.3 is 10.2 Å². The molecular formula is C8H11F3N4O. The molecule has 90 valence electrons. The van der Waals surface area contributed by atoms with Crippen LogP contribution in [0.1, 0.15) is 5.56 Å². The lowest BCUT2D eigenvalue weighted by atomic mass is 10.3. The molecule has 0 aliphatic rings. The summed E-state index contributed by atoms with van der Waals surface area (Å²) in [6, 6.07) is -0.779. The van der Waals surface area contributed by atoms with Gasteiger partial charge in [0.2, 0.25) is 0 Å². The number of aromatic amines is 1. The minimum Gasteiger partial charge on any atom is -0.329 e. The second-order valence-electron chi connectivity index (χ2n) is 3.24. The second kappa shape index (κ2) is 4.86. The second-order valence-corrected chi connectivity index (χ2v) is 3.24. The van der Waals surface area contributed by atoms with Crippen LogP contribution in [0.5, 0.6) is 0 Å². The fourth-order valence-electron chi connectivity index (χ4n) is 1.02. The van der Waals surface area contributed by atoms with E-state index in [1.165, 1.54) is 13.2 Å². The van der Waals surface area contributed by atoms with Crippen LogP contribution in [0.4, 0.5) is 18.0 Å². The summed E-state index contributed by atoms with van der Waals surface area (Å²) in [5.41, 5.74) is 0.713. The summed E-state index contributed by atoms with van der Waals surface area (Å²) in [6.45, 7) is -1.14. The predicted molar refractivity (Wildman–Crippen MR) is 49.5 cm³/mol. The zero-order chi connectivity index (χ0) is 12.2. The van der Waals surface area contributed by atoms with Crippen LogP contribution in [0.2, 0.25) is 0 Å². The molecule has 1 heterocycles. The number of carbonyl (C=O) groups is 1. The van der Waals surface area contributed by atoms with Crippen molar-refractivity contribution in [2.75, 3.05) is 13.6 Å². The van der Waals surface area contributed by atoms with E-state index in [4.69, 9.17) is 0 Å². The molecule has 0 aliphatic carbocycles. The van der Waals surface area contributed by atoms with Crippen molar-refractivity contribution in [2.24, 2.45) is 0 Å². The third kappa shape index (κ3) is 4.20. The van der Waals surface area contributed by atoms with Crippen LogP contribution >= 0.6 is 0 Å². The highest BCUT2D eigenvalue weighted by molar-refractivity contribution is 5.73. The number of urea groups is 1. The first-order valence-corrected chi connectivity index (χ1v) is 4.42. The van der Waals surface area contributed by atoms with E-state index in [1.807, 2.05) is 0 Å². The van der Waals surface area contributed by atoms with Gasteiger partial charge in [0.25, 0.3) is 0 Å². The summed E-state index contributed by atoms with van der Waals surface area (Å²) >= 11 is 0. The molecular weight excluding hydrogens is 225 g/mol. The maximum atomic E-state index is 11.8. The SMILES string of the molecule is CN(Cc1cn[nH]c1)C(=O)NCC(F)(F)F. The van der Waals surface area contributed by atoms with Gasteiger partial charge in [-0.05, 0) is 0 Å². The number of nitrogens with one attached hydrogen (secondary N) is 2. The molecule has 0 bridgehead atoms. The molecule has 1 aromatic rings. The van der Waals surface area contributed by atoms with Gasteiger partial charge in [-0.25, -0.2) is 4.79 Å². The summed E-state index contributed by atoms with van der Waals surface area (Å²) in [7, 11) is 1.40. The highest BCUT2D eigenvalue weighted by Gasteiger charge is 2.28. The molecule has 0 aromatic carbocycles. The van der Waals surface area contributed by atoms with Crippen molar-refractivity contribution in [1.82, 2.24) is 20.4 Å². The van der Waals surface area contributed by atoms with E-state index in [9.17, 15) is 18.0 Å². The van der Waals surface area contributed by atoms with Gasteiger partial charge in [-0.2, -0.15) is 18.3 Å². The lowest BCUT2D eigenvalue weighted by Crippen LogP contribution is -2.41. The number of hydrogen-bond donors (Lipinski definition) is 2. The van der Waals surface area contributed by atoms with Crippen LogP contribution in [0.25, 0.3) is 0 Å². The number of aromatic nitrogens is 2. The molecule has 1 rings (SSSR count). The lowest BCUT2D eigenvalue weighted by molar-refractivity contribution is -0.123. The van der Waals surface area contributed by atoms with Crippen molar-refractivity contribution in [3.8, 4) is 0 Å². The summed E-state index contributed by atoms with van der Waals surface area (Å²) in [4.78, 5) is 12.3. The zero-order valence-corrected chi connectivity index (χ0v) is 8.51. The Morgan fingerprint density at radius 1 is 1.62 bits per heavy atom. The molecule has 0 spiro atoms. The molecule has 8 heteroatoms. The fraction of sp³-hybridized carbons (Fsp3) is 0.500. The normalized spacial score (nSPS) is 11.2. The number of hydrogen-bond acceptors (Lipinski definition) is 2.